The summed E-state index contributed by atoms with van der Waals surface area (Å²) in [6, 6.07) is 10.2. The molecule has 1 fully saturated rings. The number of carbonyl (C=O) groups is 1. The van der Waals surface area contributed by atoms with Crippen LogP contribution in [0.2, 0.25) is 0 Å². The summed E-state index contributed by atoms with van der Waals surface area (Å²) < 4.78 is 0. The summed E-state index contributed by atoms with van der Waals surface area (Å²) in [4.78, 5) is 21.1. The van der Waals surface area contributed by atoms with E-state index < -0.39 is 0 Å². The lowest BCUT2D eigenvalue weighted by molar-refractivity contribution is -0.138. The third kappa shape index (κ3) is 4.49. The highest BCUT2D eigenvalue weighted by Gasteiger charge is 2.42. The maximum atomic E-state index is 12.7. The van der Waals surface area contributed by atoms with Crippen LogP contribution < -0.4 is 5.32 Å². The van der Waals surface area contributed by atoms with Crippen molar-refractivity contribution < 1.29 is 4.79 Å². The van der Waals surface area contributed by atoms with E-state index in [9.17, 15) is 4.79 Å². The summed E-state index contributed by atoms with van der Waals surface area (Å²) >= 11 is 0. The Morgan fingerprint density at radius 3 is 2.25 bits per heavy atom. The fraction of sp³-hybridized carbons (Fsp3) is 0.579. The summed E-state index contributed by atoms with van der Waals surface area (Å²) in [5, 5.41) is 3.44. The second-order valence-electron chi connectivity index (χ2n) is 7.06. The van der Waals surface area contributed by atoms with Gasteiger partial charge in [0.15, 0.2) is 5.96 Å². The predicted molar refractivity (Wildman–Crippen MR) is 98.9 cm³/mol. The summed E-state index contributed by atoms with van der Waals surface area (Å²) in [7, 11) is 7.65. The monoisotopic (exact) mass is 330 g/mol. The van der Waals surface area contributed by atoms with Crippen LogP contribution in [0.3, 0.4) is 0 Å². The standard InChI is InChI=1S/C19H30N4O/c1-22(2)17(24)19(12-8-9-13-19)15-21-18(23(3)4)20-14-16-10-6-5-7-11-16/h5-7,10-11H,8-9,12-15H2,1-4H3,(H,20,21). The van der Waals surface area contributed by atoms with Crippen molar-refractivity contribution in [2.75, 3.05) is 34.7 Å². The molecule has 1 aromatic carbocycles. The minimum atomic E-state index is -0.285. The fourth-order valence-corrected chi connectivity index (χ4v) is 3.35. The van der Waals surface area contributed by atoms with E-state index in [4.69, 9.17) is 4.99 Å². The minimum absolute atomic E-state index is 0.230. The Bertz CT molecular complexity index is 560. The number of rotatable bonds is 5. The number of nitrogens with one attached hydrogen (secondary N) is 1. The third-order valence-electron chi connectivity index (χ3n) is 4.68. The summed E-state index contributed by atoms with van der Waals surface area (Å²) in [5.74, 6) is 1.06. The average Bonchev–Trinajstić information content (AvgIpc) is 3.04. The van der Waals surface area contributed by atoms with E-state index in [1.807, 2.05) is 51.3 Å². The molecule has 1 amide bonds. The molecule has 1 aliphatic carbocycles. The number of benzene rings is 1. The normalized spacial score (nSPS) is 16.8. The number of amides is 1. The lowest BCUT2D eigenvalue weighted by Crippen LogP contribution is -2.48. The smallest absolute Gasteiger partial charge is 0.230 e. The Morgan fingerprint density at radius 2 is 1.71 bits per heavy atom. The molecule has 0 heterocycles. The molecule has 1 N–H and O–H groups in total. The van der Waals surface area contributed by atoms with Crippen LogP contribution in [0.5, 0.6) is 0 Å². The molecule has 5 nitrogen and oxygen atoms in total. The highest BCUT2D eigenvalue weighted by molar-refractivity contribution is 5.85. The Morgan fingerprint density at radius 1 is 1.08 bits per heavy atom. The molecule has 24 heavy (non-hydrogen) atoms. The van der Waals surface area contributed by atoms with Gasteiger partial charge in [-0.1, -0.05) is 43.2 Å². The van der Waals surface area contributed by atoms with E-state index in [1.54, 1.807) is 4.90 Å². The van der Waals surface area contributed by atoms with Gasteiger partial charge < -0.3 is 15.1 Å². The molecule has 1 aromatic rings. The summed E-state index contributed by atoms with van der Waals surface area (Å²) in [5.41, 5.74) is 0.895. The van der Waals surface area contributed by atoms with E-state index in [2.05, 4.69) is 17.4 Å². The predicted octanol–water partition coefficient (Wildman–Crippen LogP) is 2.34. The average molecular weight is 330 g/mol. The van der Waals surface area contributed by atoms with E-state index in [-0.39, 0.29) is 11.3 Å². The zero-order chi connectivity index (χ0) is 17.6. The van der Waals surface area contributed by atoms with Crippen LogP contribution in [0.4, 0.5) is 0 Å². The Labute approximate surface area is 145 Å². The molecule has 0 aliphatic heterocycles. The van der Waals surface area contributed by atoms with Gasteiger partial charge in [-0.3, -0.25) is 4.79 Å². The van der Waals surface area contributed by atoms with Crippen LogP contribution in [-0.4, -0.2) is 56.4 Å². The zero-order valence-corrected chi connectivity index (χ0v) is 15.4. The summed E-state index contributed by atoms with van der Waals surface area (Å²) in [6.45, 7) is 1.28. The fourth-order valence-electron chi connectivity index (χ4n) is 3.35. The highest BCUT2D eigenvalue weighted by Crippen LogP contribution is 2.38. The highest BCUT2D eigenvalue weighted by atomic mass is 16.2. The molecule has 0 unspecified atom stereocenters. The Balaban J connectivity index is 2.05. The molecule has 0 atom stereocenters. The maximum absolute atomic E-state index is 12.7. The Kier molecular flexibility index (Phi) is 6.23. The van der Waals surface area contributed by atoms with Gasteiger partial charge in [0.1, 0.15) is 0 Å². The first kappa shape index (κ1) is 18.3. The van der Waals surface area contributed by atoms with E-state index in [1.165, 1.54) is 5.56 Å². The lowest BCUT2D eigenvalue weighted by atomic mass is 9.84. The van der Waals surface area contributed by atoms with Gasteiger partial charge in [-0.25, -0.2) is 4.99 Å². The van der Waals surface area contributed by atoms with E-state index >= 15 is 0 Å². The molecular weight excluding hydrogens is 300 g/mol. The number of aliphatic imine (C=N–C) groups is 1. The topological polar surface area (TPSA) is 47.9 Å². The minimum Gasteiger partial charge on any atom is -0.355 e. The van der Waals surface area contributed by atoms with Gasteiger partial charge in [0.25, 0.3) is 0 Å². The number of hydrogen-bond acceptors (Lipinski definition) is 2. The van der Waals surface area contributed by atoms with Crippen LogP contribution >= 0.6 is 0 Å². The van der Waals surface area contributed by atoms with Gasteiger partial charge in [0, 0.05) is 34.7 Å². The molecule has 1 saturated carbocycles. The van der Waals surface area contributed by atoms with Crippen molar-refractivity contribution in [1.82, 2.24) is 15.1 Å². The second kappa shape index (κ2) is 8.18. The van der Waals surface area contributed by atoms with Crippen molar-refractivity contribution in [2.24, 2.45) is 10.4 Å². The molecule has 0 radical (unpaired) electrons. The lowest BCUT2D eigenvalue weighted by Gasteiger charge is -2.32. The van der Waals surface area contributed by atoms with Crippen molar-refractivity contribution in [3.8, 4) is 0 Å². The van der Waals surface area contributed by atoms with Gasteiger partial charge in [-0.05, 0) is 18.4 Å². The third-order valence-corrected chi connectivity index (χ3v) is 4.68. The van der Waals surface area contributed by atoms with Crippen molar-refractivity contribution in [1.29, 1.82) is 0 Å². The first-order valence-corrected chi connectivity index (χ1v) is 8.66. The molecule has 1 aliphatic rings. The van der Waals surface area contributed by atoms with Gasteiger partial charge in [0.05, 0.1) is 12.0 Å². The maximum Gasteiger partial charge on any atom is 0.230 e. The second-order valence-corrected chi connectivity index (χ2v) is 7.06. The number of nitrogens with zero attached hydrogens (tertiary/aromatic N) is 3. The van der Waals surface area contributed by atoms with Gasteiger partial charge in [-0.2, -0.15) is 0 Å². The quantitative estimate of drug-likeness (QED) is 0.666. The molecule has 0 spiro atoms. The van der Waals surface area contributed by atoms with E-state index in [0.29, 0.717) is 13.1 Å². The van der Waals surface area contributed by atoms with Crippen LogP contribution in [0, 0.1) is 5.41 Å². The molecule has 0 bridgehead atoms. The van der Waals surface area contributed by atoms with Crippen molar-refractivity contribution in [3.63, 3.8) is 0 Å². The van der Waals surface area contributed by atoms with Crippen LogP contribution in [0.25, 0.3) is 0 Å². The molecule has 2 rings (SSSR count). The molecule has 0 saturated heterocycles. The first-order chi connectivity index (χ1) is 11.4. The van der Waals surface area contributed by atoms with Crippen LogP contribution in [0.15, 0.2) is 35.3 Å². The van der Waals surface area contributed by atoms with Crippen LogP contribution in [0.1, 0.15) is 31.2 Å². The molecule has 5 heteroatoms. The van der Waals surface area contributed by atoms with Gasteiger partial charge >= 0.3 is 0 Å². The molecule has 132 valence electrons. The number of carbonyl (C=O) groups excluding carboxylic acids is 1. The summed E-state index contributed by atoms with van der Waals surface area (Å²) in [6.07, 6.45) is 4.16. The first-order valence-electron chi connectivity index (χ1n) is 8.66. The molecular formula is C19H30N4O. The largest absolute Gasteiger partial charge is 0.355 e. The van der Waals surface area contributed by atoms with Gasteiger partial charge in [0.2, 0.25) is 5.91 Å². The van der Waals surface area contributed by atoms with Crippen molar-refractivity contribution in [3.05, 3.63) is 35.9 Å². The van der Waals surface area contributed by atoms with Crippen molar-refractivity contribution in [2.45, 2.75) is 32.2 Å². The number of guanidine groups is 1. The molecule has 0 aromatic heterocycles. The van der Waals surface area contributed by atoms with E-state index in [0.717, 1.165) is 31.6 Å². The van der Waals surface area contributed by atoms with Crippen LogP contribution in [-0.2, 0) is 11.3 Å². The number of hydrogen-bond donors (Lipinski definition) is 1. The Hall–Kier alpha value is -2.04. The SMILES string of the molecule is CN(C)C(=O)C1(CNC(=NCc2ccccc2)N(C)C)CCCC1. The van der Waals surface area contributed by atoms with Gasteiger partial charge in [-0.15, -0.1) is 0 Å². The zero-order valence-electron chi connectivity index (χ0n) is 15.4. The van der Waals surface area contributed by atoms with Crippen molar-refractivity contribution >= 4 is 11.9 Å².